The zero-order valence-corrected chi connectivity index (χ0v) is 33.7. The molecule has 3 heterocycles. The highest BCUT2D eigenvalue weighted by molar-refractivity contribution is 7.51. The summed E-state index contributed by atoms with van der Waals surface area (Å²) in [6, 6.07) is 14.2. The molecule has 1 fully saturated rings. The van der Waals surface area contributed by atoms with Crippen LogP contribution in [0.4, 0.5) is 5.82 Å². The first kappa shape index (κ1) is 39.6. The topological polar surface area (TPSA) is 182 Å². The molecule has 3 N–H and O–H groups in total. The molecule has 3 aromatic rings. The number of carbonyl (C=O) groups is 1. The third-order valence-corrected chi connectivity index (χ3v) is 20.0. The van der Waals surface area contributed by atoms with E-state index in [2.05, 4.69) is 89.1 Å². The second-order valence-corrected chi connectivity index (χ2v) is 26.6. The normalized spacial score (nSPS) is 23.0. The van der Waals surface area contributed by atoms with Crippen molar-refractivity contribution in [1.82, 2.24) is 19.8 Å². The van der Waals surface area contributed by atoms with Crippen LogP contribution in [0.25, 0.3) is 5.52 Å². The van der Waals surface area contributed by atoms with Gasteiger partial charge in [0.2, 0.25) is 5.60 Å². The molecule has 17 heteroatoms. The van der Waals surface area contributed by atoms with Crippen LogP contribution in [0.1, 0.15) is 60.6 Å². The van der Waals surface area contributed by atoms with E-state index in [9.17, 15) is 14.6 Å². The summed E-state index contributed by atoms with van der Waals surface area (Å²) in [5.74, 6) is -0.242. The predicted octanol–water partition coefficient (Wildman–Crippen LogP) is 6.87. The molecule has 0 saturated carbocycles. The Kier molecular flexibility index (Phi) is 11.5. The zero-order valence-electron chi connectivity index (χ0n) is 30.8. The molecule has 50 heavy (non-hydrogen) atoms. The molecular formula is C33H51N6O8PSi2. The number of anilines is 1. The van der Waals surface area contributed by atoms with E-state index in [4.69, 9.17) is 33.2 Å². The lowest BCUT2D eigenvalue weighted by Gasteiger charge is -2.45. The monoisotopic (exact) mass is 746 g/mol. The average Bonchev–Trinajstić information content (AvgIpc) is 3.59. The Morgan fingerprint density at radius 3 is 2.26 bits per heavy atom. The van der Waals surface area contributed by atoms with Gasteiger partial charge in [-0.2, -0.15) is 10.4 Å². The van der Waals surface area contributed by atoms with Crippen LogP contribution in [0, 0.1) is 11.3 Å². The van der Waals surface area contributed by atoms with E-state index in [0.717, 1.165) is 0 Å². The maximum absolute atomic E-state index is 14.2. The number of fused-ring (bicyclic) bond motifs is 1. The standard InChI is InChI=1S/C33H51N6O8PSi2/c1-12-27(40)44-38-48(41,45-23-16-14-13-15-17-23)42-20-25-28(46-49(8,9)31(2,3)4)29(47-50(10,11)32(5,6)7)33(21-34,43-25)26-19-18-24-30(35)36-22-37-39(24)26/h13-19,22,25,28-29H,12,20H2,1-11H3,(H,38,41)(H2,35,36,37)/t25-,28-,29-,33+,48+/m1/s1. The fourth-order valence-electron chi connectivity index (χ4n) is 4.86. The largest absolute Gasteiger partial charge is 0.491 e. The van der Waals surface area contributed by atoms with Crippen molar-refractivity contribution in [3.63, 3.8) is 0 Å². The van der Waals surface area contributed by atoms with Gasteiger partial charge in [0.15, 0.2) is 22.5 Å². The van der Waals surface area contributed by atoms with Gasteiger partial charge in [0.1, 0.15) is 42.0 Å². The Labute approximate surface area is 296 Å². The van der Waals surface area contributed by atoms with Crippen LogP contribution in [-0.4, -0.2) is 62.1 Å². The summed E-state index contributed by atoms with van der Waals surface area (Å²) in [4.78, 5) is 21.2. The van der Waals surface area contributed by atoms with Crippen LogP contribution in [0.3, 0.4) is 0 Å². The third kappa shape index (κ3) is 8.16. The van der Waals surface area contributed by atoms with Gasteiger partial charge in [-0.15, -0.1) is 0 Å². The lowest BCUT2D eigenvalue weighted by atomic mass is 9.92. The van der Waals surface area contributed by atoms with Crippen LogP contribution in [0.15, 0.2) is 48.8 Å². The highest BCUT2D eigenvalue weighted by atomic mass is 31.2. The van der Waals surface area contributed by atoms with Crippen molar-refractivity contribution >= 4 is 41.7 Å². The van der Waals surface area contributed by atoms with E-state index in [1.54, 1.807) is 49.4 Å². The number of nitrogens with one attached hydrogen (secondary N) is 1. The first-order valence-corrected chi connectivity index (χ1v) is 24.0. The molecule has 0 spiro atoms. The molecule has 1 aromatic carbocycles. The van der Waals surface area contributed by atoms with E-state index in [1.807, 2.05) is 0 Å². The number of benzene rings is 1. The molecule has 4 rings (SSSR count). The lowest BCUT2D eigenvalue weighted by molar-refractivity contribution is -0.147. The molecule has 274 valence electrons. The Morgan fingerprint density at radius 1 is 1.06 bits per heavy atom. The molecule has 1 aliphatic heterocycles. The average molecular weight is 747 g/mol. The summed E-state index contributed by atoms with van der Waals surface area (Å²) in [6.45, 7) is 22.2. The summed E-state index contributed by atoms with van der Waals surface area (Å²) in [5.41, 5.74) is 5.25. The maximum Gasteiger partial charge on any atom is 0.491 e. The van der Waals surface area contributed by atoms with Crippen molar-refractivity contribution in [2.45, 2.75) is 115 Å². The van der Waals surface area contributed by atoms with Crippen molar-refractivity contribution in [3.8, 4) is 11.8 Å². The summed E-state index contributed by atoms with van der Waals surface area (Å²) in [7, 11) is -9.66. The lowest BCUT2D eigenvalue weighted by Crippen LogP contribution is -2.56. The summed E-state index contributed by atoms with van der Waals surface area (Å²) in [6.07, 6.45) is -1.59. The second kappa shape index (κ2) is 14.5. The highest BCUT2D eigenvalue weighted by Crippen LogP contribution is 2.51. The Balaban J connectivity index is 1.87. The van der Waals surface area contributed by atoms with Gasteiger partial charge >= 0.3 is 13.7 Å². The summed E-state index contributed by atoms with van der Waals surface area (Å²) in [5, 5.41) is 17.4. The van der Waals surface area contributed by atoms with Gasteiger partial charge in [-0.05, 0) is 65.8 Å². The smallest absolute Gasteiger partial charge is 0.411 e. The van der Waals surface area contributed by atoms with Gasteiger partial charge in [0.25, 0.3) is 0 Å². The van der Waals surface area contributed by atoms with Crippen LogP contribution in [-0.2, 0) is 37.9 Å². The zero-order chi connectivity index (χ0) is 37.3. The van der Waals surface area contributed by atoms with Crippen LogP contribution in [0.2, 0.25) is 36.3 Å². The molecule has 5 atom stereocenters. The molecule has 0 unspecified atom stereocenters. The number of nitrogens with two attached hydrogens (primary N) is 1. The Hall–Kier alpha value is -3.14. The van der Waals surface area contributed by atoms with Gasteiger partial charge in [0, 0.05) is 6.42 Å². The van der Waals surface area contributed by atoms with E-state index < -0.39 is 60.9 Å². The number of nitrogens with zero attached hydrogens (tertiary/aromatic N) is 4. The molecule has 0 amide bonds. The van der Waals surface area contributed by atoms with Crippen LogP contribution in [0.5, 0.6) is 5.75 Å². The van der Waals surface area contributed by atoms with Crippen molar-refractivity contribution in [2.75, 3.05) is 12.3 Å². The number of nitriles is 1. The van der Waals surface area contributed by atoms with E-state index in [-0.39, 0.29) is 28.1 Å². The quantitative estimate of drug-likeness (QED) is 0.105. The molecule has 2 aromatic heterocycles. The minimum atomic E-state index is -4.39. The number of aromatic nitrogens is 3. The van der Waals surface area contributed by atoms with E-state index in [1.165, 1.54) is 10.8 Å². The van der Waals surface area contributed by atoms with Gasteiger partial charge in [-0.25, -0.2) is 14.1 Å². The number of rotatable bonds is 13. The molecule has 0 bridgehead atoms. The van der Waals surface area contributed by atoms with Crippen molar-refractivity contribution in [3.05, 3.63) is 54.5 Å². The van der Waals surface area contributed by atoms with Crippen molar-refractivity contribution in [2.24, 2.45) is 0 Å². The van der Waals surface area contributed by atoms with E-state index in [0.29, 0.717) is 11.2 Å². The minimum Gasteiger partial charge on any atom is -0.411 e. The molecular weight excluding hydrogens is 696 g/mol. The SMILES string of the molecule is CCC(=O)ON[P@](=O)(OC[C@H]1O[C@@](C#N)(c2ccc3c(N)ncnn23)[C@H](O[Si](C)(C)C(C)(C)C)[C@@H]1O[Si](C)(C)C(C)(C)C)Oc1ccccc1. The predicted molar refractivity (Wildman–Crippen MR) is 194 cm³/mol. The van der Waals surface area contributed by atoms with Gasteiger partial charge in [-0.3, -0.25) is 9.32 Å². The summed E-state index contributed by atoms with van der Waals surface area (Å²) < 4.78 is 48.5. The maximum atomic E-state index is 14.2. The number of nitrogen functional groups attached to an aromatic ring is 1. The Bertz CT molecular complexity index is 1750. The van der Waals surface area contributed by atoms with Crippen LogP contribution < -0.4 is 15.5 Å². The fraction of sp³-hybridized carbons (Fsp3) is 0.576. The molecule has 1 saturated heterocycles. The van der Waals surface area contributed by atoms with Gasteiger partial charge in [-0.1, -0.05) is 66.7 Å². The van der Waals surface area contributed by atoms with Crippen molar-refractivity contribution < 1.29 is 36.8 Å². The minimum absolute atomic E-state index is 0.0169. The second-order valence-electron chi connectivity index (χ2n) is 15.4. The van der Waals surface area contributed by atoms with Crippen molar-refractivity contribution in [1.29, 1.82) is 5.26 Å². The van der Waals surface area contributed by atoms with Crippen LogP contribution >= 0.6 is 7.75 Å². The highest BCUT2D eigenvalue weighted by Gasteiger charge is 2.63. The number of ether oxygens (including phenoxy) is 1. The molecule has 1 aliphatic rings. The molecule has 0 radical (unpaired) electrons. The fourth-order valence-corrected chi connectivity index (χ4v) is 8.55. The Morgan fingerprint density at radius 2 is 1.68 bits per heavy atom. The van der Waals surface area contributed by atoms with Gasteiger partial charge in [0.05, 0.1) is 12.3 Å². The number of hydrogen-bond donors (Lipinski definition) is 2. The number of para-hydroxylation sites is 1. The molecule has 14 nitrogen and oxygen atoms in total. The first-order chi connectivity index (χ1) is 23.1. The van der Waals surface area contributed by atoms with E-state index >= 15 is 0 Å². The summed E-state index contributed by atoms with van der Waals surface area (Å²) >= 11 is 0. The molecule has 0 aliphatic carbocycles. The van der Waals surface area contributed by atoms with Gasteiger partial charge < -0.3 is 28.7 Å². The number of hydrogen-bond acceptors (Lipinski definition) is 12. The first-order valence-electron chi connectivity index (χ1n) is 16.6. The number of carbonyl (C=O) groups excluding carboxylic acids is 1. The third-order valence-electron chi connectivity index (χ3n) is 9.83.